The van der Waals surface area contributed by atoms with E-state index in [0.29, 0.717) is 13.0 Å². The number of carbonyl (C=O) groups excluding carboxylic acids is 1. The lowest BCUT2D eigenvalue weighted by Crippen LogP contribution is -2.41. The van der Waals surface area contributed by atoms with Crippen molar-refractivity contribution < 1.29 is 9.90 Å². The van der Waals surface area contributed by atoms with Crippen LogP contribution in [0, 0.1) is 5.92 Å². The van der Waals surface area contributed by atoms with Crippen LogP contribution < -0.4 is 10.6 Å². The minimum Gasteiger partial charge on any atom is -0.393 e. The first-order valence-electron chi connectivity index (χ1n) is 5.36. The highest BCUT2D eigenvalue weighted by Crippen LogP contribution is 2.09. The summed E-state index contributed by atoms with van der Waals surface area (Å²) in [6.07, 6.45) is 2.35. The number of amides is 1. The fourth-order valence-corrected chi connectivity index (χ4v) is 1.62. The van der Waals surface area contributed by atoms with Gasteiger partial charge in [-0.1, -0.05) is 0 Å². The molecule has 0 aromatic carbocycles. The normalized spacial score (nSPS) is 24.3. The summed E-state index contributed by atoms with van der Waals surface area (Å²) < 4.78 is 0. The molecule has 0 saturated carbocycles. The highest BCUT2D eigenvalue weighted by atomic mass is 16.3. The molecule has 1 saturated heterocycles. The number of aliphatic hydroxyl groups excluding tert-OH is 1. The fraction of sp³-hybridized carbons (Fsp3) is 0.900. The Morgan fingerprint density at radius 1 is 1.71 bits per heavy atom. The highest BCUT2D eigenvalue weighted by Gasteiger charge is 2.20. The topological polar surface area (TPSA) is 61.4 Å². The Morgan fingerprint density at radius 2 is 2.50 bits per heavy atom. The van der Waals surface area contributed by atoms with Crippen molar-refractivity contribution in [1.82, 2.24) is 10.6 Å². The lowest BCUT2D eigenvalue weighted by atomic mass is 9.99. The van der Waals surface area contributed by atoms with E-state index in [-0.39, 0.29) is 17.9 Å². The molecule has 0 aromatic heterocycles. The quantitative estimate of drug-likeness (QED) is 0.592. The van der Waals surface area contributed by atoms with E-state index >= 15 is 0 Å². The highest BCUT2D eigenvalue weighted by molar-refractivity contribution is 5.78. The van der Waals surface area contributed by atoms with E-state index in [0.717, 1.165) is 25.9 Å². The Balaban J connectivity index is 2.13. The van der Waals surface area contributed by atoms with Crippen LogP contribution in [0.15, 0.2) is 0 Å². The van der Waals surface area contributed by atoms with Crippen molar-refractivity contribution in [2.24, 2.45) is 5.92 Å². The summed E-state index contributed by atoms with van der Waals surface area (Å²) in [6.45, 7) is 4.12. The van der Waals surface area contributed by atoms with E-state index in [9.17, 15) is 4.79 Å². The second-order valence-electron chi connectivity index (χ2n) is 3.97. The molecule has 0 spiro atoms. The van der Waals surface area contributed by atoms with Gasteiger partial charge in [0.05, 0.1) is 12.0 Å². The van der Waals surface area contributed by atoms with E-state index < -0.39 is 0 Å². The Bertz CT molecular complexity index is 177. The third-order valence-corrected chi connectivity index (χ3v) is 2.53. The van der Waals surface area contributed by atoms with Crippen LogP contribution in [-0.4, -0.2) is 36.8 Å². The van der Waals surface area contributed by atoms with Crippen molar-refractivity contribution in [3.63, 3.8) is 0 Å². The second-order valence-corrected chi connectivity index (χ2v) is 3.97. The number of piperidine rings is 1. The van der Waals surface area contributed by atoms with Crippen molar-refractivity contribution in [2.45, 2.75) is 32.3 Å². The molecular weight excluding hydrogens is 180 g/mol. The molecule has 3 N–H and O–H groups in total. The third-order valence-electron chi connectivity index (χ3n) is 2.53. The predicted octanol–water partition coefficient (Wildman–Crippen LogP) is -0.127. The van der Waals surface area contributed by atoms with Crippen LogP contribution in [-0.2, 0) is 4.79 Å². The first-order valence-corrected chi connectivity index (χ1v) is 5.36. The van der Waals surface area contributed by atoms with E-state index in [1.807, 2.05) is 0 Å². The molecule has 0 bridgehead atoms. The van der Waals surface area contributed by atoms with Crippen molar-refractivity contribution in [3.8, 4) is 0 Å². The first-order chi connectivity index (χ1) is 6.70. The van der Waals surface area contributed by atoms with Gasteiger partial charge in [0.15, 0.2) is 0 Å². The summed E-state index contributed by atoms with van der Waals surface area (Å²) >= 11 is 0. The van der Waals surface area contributed by atoms with Crippen molar-refractivity contribution in [1.29, 1.82) is 0 Å². The van der Waals surface area contributed by atoms with Crippen LogP contribution in [0.4, 0.5) is 0 Å². The van der Waals surface area contributed by atoms with Gasteiger partial charge < -0.3 is 15.7 Å². The van der Waals surface area contributed by atoms with Gasteiger partial charge in [-0.15, -0.1) is 0 Å². The van der Waals surface area contributed by atoms with E-state index in [4.69, 9.17) is 5.11 Å². The summed E-state index contributed by atoms with van der Waals surface area (Å²) in [6, 6.07) is 0. The number of nitrogens with one attached hydrogen (secondary N) is 2. The zero-order valence-electron chi connectivity index (χ0n) is 8.75. The SMILES string of the molecule is CC(O)CCNC(=O)C1CCCNC1. The van der Waals surface area contributed by atoms with Crippen LogP contribution in [0.2, 0.25) is 0 Å². The van der Waals surface area contributed by atoms with Crippen molar-refractivity contribution in [2.75, 3.05) is 19.6 Å². The Hall–Kier alpha value is -0.610. The third kappa shape index (κ3) is 4.07. The maximum Gasteiger partial charge on any atom is 0.224 e. The zero-order valence-corrected chi connectivity index (χ0v) is 8.75. The van der Waals surface area contributed by atoms with Gasteiger partial charge in [0, 0.05) is 13.1 Å². The Kier molecular flexibility index (Phi) is 4.90. The summed E-state index contributed by atoms with van der Waals surface area (Å²) in [5, 5.41) is 15.1. The number of aliphatic hydroxyl groups is 1. The predicted molar refractivity (Wildman–Crippen MR) is 54.9 cm³/mol. The Labute approximate surface area is 85.1 Å². The molecule has 0 radical (unpaired) electrons. The smallest absolute Gasteiger partial charge is 0.224 e. The number of hydrogen-bond acceptors (Lipinski definition) is 3. The standard InChI is InChI=1S/C10H20N2O2/c1-8(13)4-6-12-10(14)9-3-2-5-11-7-9/h8-9,11,13H,2-7H2,1H3,(H,12,14). The number of carbonyl (C=O) groups is 1. The average Bonchev–Trinajstić information content (AvgIpc) is 2.18. The lowest BCUT2D eigenvalue weighted by Gasteiger charge is -2.21. The van der Waals surface area contributed by atoms with E-state index in [1.54, 1.807) is 6.92 Å². The van der Waals surface area contributed by atoms with Gasteiger partial charge in [0.25, 0.3) is 0 Å². The summed E-state index contributed by atoms with van der Waals surface area (Å²) in [7, 11) is 0. The van der Waals surface area contributed by atoms with E-state index in [1.165, 1.54) is 0 Å². The number of rotatable bonds is 4. The molecule has 2 atom stereocenters. The maximum atomic E-state index is 11.5. The molecule has 1 amide bonds. The molecule has 1 fully saturated rings. The molecule has 14 heavy (non-hydrogen) atoms. The molecule has 0 aliphatic carbocycles. The monoisotopic (exact) mass is 200 g/mol. The summed E-state index contributed by atoms with van der Waals surface area (Å²) in [5.41, 5.74) is 0. The first kappa shape index (κ1) is 11.5. The largest absolute Gasteiger partial charge is 0.393 e. The zero-order chi connectivity index (χ0) is 10.4. The van der Waals surface area contributed by atoms with Gasteiger partial charge in [0.1, 0.15) is 0 Å². The molecule has 1 rings (SSSR count). The van der Waals surface area contributed by atoms with Crippen molar-refractivity contribution in [3.05, 3.63) is 0 Å². The van der Waals surface area contributed by atoms with Gasteiger partial charge in [0.2, 0.25) is 5.91 Å². The molecule has 0 aromatic rings. The van der Waals surface area contributed by atoms with Gasteiger partial charge in [-0.05, 0) is 32.7 Å². The molecule has 2 unspecified atom stereocenters. The van der Waals surface area contributed by atoms with Crippen LogP contribution in [0.3, 0.4) is 0 Å². The van der Waals surface area contributed by atoms with Crippen LogP contribution in [0.1, 0.15) is 26.2 Å². The van der Waals surface area contributed by atoms with Gasteiger partial charge >= 0.3 is 0 Å². The molecular formula is C10H20N2O2. The molecule has 1 aliphatic rings. The summed E-state index contributed by atoms with van der Waals surface area (Å²) in [5.74, 6) is 0.246. The van der Waals surface area contributed by atoms with E-state index in [2.05, 4.69) is 10.6 Å². The average molecular weight is 200 g/mol. The molecule has 1 aliphatic heterocycles. The van der Waals surface area contributed by atoms with Crippen LogP contribution in [0.5, 0.6) is 0 Å². The van der Waals surface area contributed by atoms with Gasteiger partial charge in [-0.2, -0.15) is 0 Å². The molecule has 1 heterocycles. The fourth-order valence-electron chi connectivity index (χ4n) is 1.62. The Morgan fingerprint density at radius 3 is 3.07 bits per heavy atom. The molecule has 82 valence electrons. The van der Waals surface area contributed by atoms with Gasteiger partial charge in [-0.25, -0.2) is 0 Å². The summed E-state index contributed by atoms with van der Waals surface area (Å²) in [4.78, 5) is 11.5. The molecule has 4 heteroatoms. The lowest BCUT2D eigenvalue weighted by molar-refractivity contribution is -0.125. The van der Waals surface area contributed by atoms with Crippen molar-refractivity contribution >= 4 is 5.91 Å². The minimum atomic E-state index is -0.334. The van der Waals surface area contributed by atoms with Crippen LogP contribution >= 0.6 is 0 Å². The molecule has 4 nitrogen and oxygen atoms in total. The van der Waals surface area contributed by atoms with Gasteiger partial charge in [-0.3, -0.25) is 4.79 Å². The minimum absolute atomic E-state index is 0.123. The number of hydrogen-bond donors (Lipinski definition) is 3. The second kappa shape index (κ2) is 5.98. The van der Waals surface area contributed by atoms with Crippen LogP contribution in [0.25, 0.3) is 0 Å². The maximum absolute atomic E-state index is 11.5.